The smallest absolute Gasteiger partial charge is 0.419 e. The van der Waals surface area contributed by atoms with E-state index in [0.29, 0.717) is 6.92 Å². The highest BCUT2D eigenvalue weighted by atomic mass is 16.5. The van der Waals surface area contributed by atoms with Crippen LogP contribution in [0.15, 0.2) is 0 Å². The fourth-order valence-electron chi connectivity index (χ4n) is 1.02. The Morgan fingerprint density at radius 3 is 1.53 bits per heavy atom. The van der Waals surface area contributed by atoms with Gasteiger partial charge >= 0.3 is 24.1 Å². The molecule has 0 radical (unpaired) electrons. The van der Waals surface area contributed by atoms with Crippen LogP contribution >= 0.6 is 0 Å². The summed E-state index contributed by atoms with van der Waals surface area (Å²) in [6, 6.07) is 0. The molecule has 0 bridgehead atoms. The summed E-state index contributed by atoms with van der Waals surface area (Å²) in [5.74, 6) is -6.37. The lowest BCUT2D eigenvalue weighted by molar-refractivity contribution is -0.191. The molecule has 0 rings (SSSR count). The summed E-state index contributed by atoms with van der Waals surface area (Å²) in [5, 5.41) is 43.7. The van der Waals surface area contributed by atoms with Gasteiger partial charge in [0.2, 0.25) is 0 Å². The summed E-state index contributed by atoms with van der Waals surface area (Å²) in [5.41, 5.74) is -3.61. The fraction of sp³-hybridized carbons (Fsp3) is 0.429. The molecule has 96 valence electrons. The van der Waals surface area contributed by atoms with E-state index < -0.39 is 40.7 Å². The van der Waals surface area contributed by atoms with Gasteiger partial charge in [0.15, 0.2) is 0 Å². The third-order valence-corrected chi connectivity index (χ3v) is 2.01. The van der Waals surface area contributed by atoms with E-state index in [-0.39, 0.29) is 0 Å². The number of carboxylic acids is 2. The van der Waals surface area contributed by atoms with Gasteiger partial charge < -0.3 is 25.5 Å². The van der Waals surface area contributed by atoms with E-state index in [4.69, 9.17) is 20.4 Å². The first-order valence-electron chi connectivity index (χ1n) is 4.01. The number of aliphatic carboxylic acids is 2. The zero-order valence-corrected chi connectivity index (χ0v) is 8.39. The molecule has 0 aromatic carbocycles. The number of carboxylic acid groups (broad SMARTS) is 4. The van der Waals surface area contributed by atoms with E-state index in [9.17, 15) is 24.3 Å². The Labute approximate surface area is 93.3 Å². The Kier molecular flexibility index (Phi) is 4.01. The van der Waals surface area contributed by atoms with Crippen LogP contribution in [0.25, 0.3) is 0 Å². The molecule has 0 aliphatic heterocycles. The molecule has 0 aliphatic rings. The van der Waals surface area contributed by atoms with Crippen LogP contribution in [0.2, 0.25) is 0 Å². The standard InChI is InChI=1S/C7H9NO9/c1-2(3(9)10)7(17,4(11)12)8(5(13)14)6(15)16/h2,17H,1H3,(H,9,10)(H,11,12)(H,13,14)(H,15,16)/t2?,7-/m1/s1. The third-order valence-electron chi connectivity index (χ3n) is 2.01. The molecule has 1 unspecified atom stereocenters. The van der Waals surface area contributed by atoms with Gasteiger partial charge in [-0.15, -0.1) is 0 Å². The molecule has 0 saturated carbocycles. The zero-order chi connectivity index (χ0) is 14.0. The lowest BCUT2D eigenvalue weighted by Gasteiger charge is -2.33. The van der Waals surface area contributed by atoms with Crippen LogP contribution in [-0.2, 0) is 9.59 Å². The van der Waals surface area contributed by atoms with E-state index in [1.807, 2.05) is 0 Å². The van der Waals surface area contributed by atoms with Gasteiger partial charge in [-0.05, 0) is 6.92 Å². The normalized spacial score (nSPS) is 15.4. The van der Waals surface area contributed by atoms with Crippen molar-refractivity contribution >= 4 is 24.1 Å². The maximum atomic E-state index is 10.7. The Morgan fingerprint density at radius 2 is 1.35 bits per heavy atom. The second-order valence-electron chi connectivity index (χ2n) is 2.99. The van der Waals surface area contributed by atoms with Crippen molar-refractivity contribution in [2.24, 2.45) is 5.92 Å². The minimum atomic E-state index is -3.61. The number of amides is 2. The number of rotatable bonds is 4. The van der Waals surface area contributed by atoms with Crippen molar-refractivity contribution in [2.45, 2.75) is 12.6 Å². The molecule has 0 aromatic heterocycles. The molecule has 5 N–H and O–H groups in total. The van der Waals surface area contributed by atoms with E-state index in [1.165, 1.54) is 0 Å². The summed E-state index contributed by atoms with van der Waals surface area (Å²) < 4.78 is 0. The van der Waals surface area contributed by atoms with Crippen molar-refractivity contribution in [2.75, 3.05) is 0 Å². The van der Waals surface area contributed by atoms with Gasteiger partial charge in [0, 0.05) is 0 Å². The summed E-state index contributed by atoms with van der Waals surface area (Å²) in [6.07, 6.45) is -4.62. The van der Waals surface area contributed by atoms with Crippen LogP contribution in [0.1, 0.15) is 6.92 Å². The molecular formula is C7H9NO9. The van der Waals surface area contributed by atoms with Crippen molar-refractivity contribution in [1.29, 1.82) is 0 Å². The van der Waals surface area contributed by atoms with Crippen molar-refractivity contribution in [3.63, 3.8) is 0 Å². The van der Waals surface area contributed by atoms with Crippen molar-refractivity contribution in [1.82, 2.24) is 4.90 Å². The molecular weight excluding hydrogens is 242 g/mol. The molecule has 0 heterocycles. The van der Waals surface area contributed by atoms with Gasteiger partial charge in [-0.2, -0.15) is 4.90 Å². The van der Waals surface area contributed by atoms with Crippen LogP contribution in [0.3, 0.4) is 0 Å². The average Bonchev–Trinajstić information content (AvgIpc) is 2.14. The van der Waals surface area contributed by atoms with Crippen LogP contribution in [0, 0.1) is 5.92 Å². The molecule has 2 atom stereocenters. The number of aliphatic hydroxyl groups is 1. The van der Waals surface area contributed by atoms with E-state index >= 15 is 0 Å². The Hall–Kier alpha value is -2.36. The van der Waals surface area contributed by atoms with Crippen molar-refractivity contribution in [3.05, 3.63) is 0 Å². The summed E-state index contributed by atoms with van der Waals surface area (Å²) in [4.78, 5) is 41.5. The number of imide groups is 1. The topological polar surface area (TPSA) is 173 Å². The second kappa shape index (κ2) is 4.65. The largest absolute Gasteiger partial charge is 0.481 e. The molecule has 0 saturated heterocycles. The van der Waals surface area contributed by atoms with Crippen molar-refractivity contribution in [3.8, 4) is 0 Å². The SMILES string of the molecule is CC(C(=O)O)[C@@](O)(C(=O)O)N(C(=O)O)C(=O)O. The van der Waals surface area contributed by atoms with Crippen LogP contribution < -0.4 is 0 Å². The van der Waals surface area contributed by atoms with Gasteiger partial charge in [0.05, 0.1) is 0 Å². The van der Waals surface area contributed by atoms with Gasteiger partial charge in [0.25, 0.3) is 5.72 Å². The molecule has 0 fully saturated rings. The lowest BCUT2D eigenvalue weighted by atomic mass is 9.96. The third kappa shape index (κ3) is 2.42. The van der Waals surface area contributed by atoms with Gasteiger partial charge in [-0.25, -0.2) is 14.4 Å². The molecule has 0 aromatic rings. The first-order chi connectivity index (χ1) is 7.56. The van der Waals surface area contributed by atoms with Crippen LogP contribution in [0.4, 0.5) is 9.59 Å². The van der Waals surface area contributed by atoms with Crippen molar-refractivity contribution < 1.29 is 44.7 Å². The predicted molar refractivity (Wildman–Crippen MR) is 47.3 cm³/mol. The second-order valence-corrected chi connectivity index (χ2v) is 2.99. The van der Waals surface area contributed by atoms with E-state index in [0.717, 1.165) is 0 Å². The molecule has 17 heavy (non-hydrogen) atoms. The predicted octanol–water partition coefficient (Wildman–Crippen LogP) is -0.862. The molecule has 10 heteroatoms. The summed E-state index contributed by atoms with van der Waals surface area (Å²) in [6.45, 7) is 0.662. The minimum absolute atomic E-state index is 0.662. The van der Waals surface area contributed by atoms with Gasteiger partial charge in [0.1, 0.15) is 5.92 Å². The van der Waals surface area contributed by atoms with Crippen LogP contribution in [0.5, 0.6) is 0 Å². The highest BCUT2D eigenvalue weighted by Crippen LogP contribution is 2.24. The maximum absolute atomic E-state index is 10.7. The zero-order valence-electron chi connectivity index (χ0n) is 8.39. The minimum Gasteiger partial charge on any atom is -0.481 e. The highest BCUT2D eigenvalue weighted by Gasteiger charge is 2.56. The Bertz CT molecular complexity index is 364. The first kappa shape index (κ1) is 14.6. The molecule has 0 aliphatic carbocycles. The highest BCUT2D eigenvalue weighted by molar-refractivity contribution is 5.96. The number of hydrogen-bond acceptors (Lipinski definition) is 5. The van der Waals surface area contributed by atoms with E-state index in [2.05, 4.69) is 0 Å². The monoisotopic (exact) mass is 251 g/mol. The van der Waals surface area contributed by atoms with E-state index in [1.54, 1.807) is 0 Å². The Balaban J connectivity index is 5.78. The summed E-state index contributed by atoms with van der Waals surface area (Å²) >= 11 is 0. The lowest BCUT2D eigenvalue weighted by Crippen LogP contribution is -2.64. The molecule has 0 spiro atoms. The number of nitrogens with zero attached hydrogens (tertiary/aromatic N) is 1. The average molecular weight is 251 g/mol. The maximum Gasteiger partial charge on any atom is 0.419 e. The number of carbonyl (C=O) groups is 4. The summed E-state index contributed by atoms with van der Waals surface area (Å²) in [7, 11) is 0. The molecule has 2 amide bonds. The van der Waals surface area contributed by atoms with Gasteiger partial charge in [-0.3, -0.25) is 4.79 Å². The number of hydrogen-bond donors (Lipinski definition) is 5. The van der Waals surface area contributed by atoms with Crippen LogP contribution in [-0.4, -0.2) is 60.3 Å². The quantitative estimate of drug-likeness (QED) is 0.398. The fourth-order valence-corrected chi connectivity index (χ4v) is 1.02. The van der Waals surface area contributed by atoms with Gasteiger partial charge in [-0.1, -0.05) is 0 Å². The Morgan fingerprint density at radius 1 is 1.00 bits per heavy atom. The first-order valence-corrected chi connectivity index (χ1v) is 4.01. The molecule has 10 nitrogen and oxygen atoms in total.